The minimum atomic E-state index is 0.0430. The summed E-state index contributed by atoms with van der Waals surface area (Å²) in [5, 5.41) is 3.64. The Labute approximate surface area is 130 Å². The lowest BCUT2D eigenvalue weighted by Crippen LogP contribution is -2.47. The van der Waals surface area contributed by atoms with Crippen molar-refractivity contribution in [1.29, 1.82) is 0 Å². The van der Waals surface area contributed by atoms with Crippen LogP contribution in [0.15, 0.2) is 0 Å². The molecule has 3 nitrogen and oxygen atoms in total. The van der Waals surface area contributed by atoms with Gasteiger partial charge in [-0.15, -0.1) is 0 Å². The maximum atomic E-state index is 12.9. The molecule has 1 saturated heterocycles. The van der Waals surface area contributed by atoms with Crippen LogP contribution in [0.1, 0.15) is 79.6 Å². The Morgan fingerprint density at radius 2 is 1.90 bits per heavy atom. The normalized spacial score (nSPS) is 31.7. The van der Waals surface area contributed by atoms with Crippen molar-refractivity contribution in [3.63, 3.8) is 0 Å². The van der Waals surface area contributed by atoms with Crippen LogP contribution < -0.4 is 5.32 Å². The average molecular weight is 294 g/mol. The predicted molar refractivity (Wildman–Crippen MR) is 88.0 cm³/mol. The van der Waals surface area contributed by atoms with E-state index < -0.39 is 0 Å². The fourth-order valence-corrected chi connectivity index (χ4v) is 3.91. The van der Waals surface area contributed by atoms with Gasteiger partial charge < -0.3 is 4.90 Å². The van der Waals surface area contributed by atoms with E-state index in [1.54, 1.807) is 0 Å². The summed E-state index contributed by atoms with van der Waals surface area (Å²) in [6, 6.07) is 0.505. The number of hydrogen-bond donors (Lipinski definition) is 1. The van der Waals surface area contributed by atoms with Gasteiger partial charge in [0.2, 0.25) is 5.91 Å². The van der Waals surface area contributed by atoms with E-state index in [1.807, 2.05) is 0 Å². The van der Waals surface area contributed by atoms with Gasteiger partial charge in [0.25, 0.3) is 0 Å². The van der Waals surface area contributed by atoms with E-state index in [2.05, 4.69) is 44.8 Å². The van der Waals surface area contributed by atoms with Crippen LogP contribution in [0.2, 0.25) is 0 Å². The molecule has 3 atom stereocenters. The fraction of sp³-hybridized carbons (Fsp3) is 0.944. The monoisotopic (exact) mass is 294 g/mol. The van der Waals surface area contributed by atoms with Gasteiger partial charge in [0.1, 0.15) is 0 Å². The first-order chi connectivity index (χ1) is 9.89. The first-order valence-electron chi connectivity index (χ1n) is 8.98. The molecule has 0 aromatic carbocycles. The Kier molecular flexibility index (Phi) is 5.34. The minimum Gasteiger partial charge on any atom is -0.323 e. The molecule has 0 aromatic rings. The zero-order valence-corrected chi connectivity index (χ0v) is 14.6. The van der Waals surface area contributed by atoms with E-state index in [9.17, 15) is 4.79 Å². The van der Waals surface area contributed by atoms with Crippen molar-refractivity contribution in [3.8, 4) is 0 Å². The fourth-order valence-electron chi connectivity index (χ4n) is 3.91. The van der Waals surface area contributed by atoms with Crippen LogP contribution in [-0.4, -0.2) is 29.1 Å². The van der Waals surface area contributed by atoms with E-state index in [0.717, 1.165) is 19.3 Å². The summed E-state index contributed by atoms with van der Waals surface area (Å²) in [4.78, 5) is 15.1. The number of amides is 1. The van der Waals surface area contributed by atoms with Crippen LogP contribution in [0, 0.1) is 11.3 Å². The van der Waals surface area contributed by atoms with Crippen molar-refractivity contribution in [3.05, 3.63) is 0 Å². The van der Waals surface area contributed by atoms with Crippen molar-refractivity contribution in [2.45, 2.75) is 97.8 Å². The molecule has 3 heteroatoms. The summed E-state index contributed by atoms with van der Waals surface area (Å²) in [6.45, 7) is 11.3. The first-order valence-corrected chi connectivity index (χ1v) is 8.98. The lowest BCUT2D eigenvalue weighted by molar-refractivity contribution is -0.134. The van der Waals surface area contributed by atoms with E-state index in [4.69, 9.17) is 0 Å². The SMILES string of the molecule is CCCC1NC(C(C)CC)C(=O)N1C1CCC(C)(C)CC1. The Hall–Kier alpha value is -0.570. The number of nitrogens with zero attached hydrogens (tertiary/aromatic N) is 1. The maximum Gasteiger partial charge on any atom is 0.241 e. The molecule has 0 aromatic heterocycles. The predicted octanol–water partition coefficient (Wildman–Crippen LogP) is 3.93. The van der Waals surface area contributed by atoms with Gasteiger partial charge in [0.15, 0.2) is 0 Å². The smallest absolute Gasteiger partial charge is 0.241 e. The molecule has 21 heavy (non-hydrogen) atoms. The van der Waals surface area contributed by atoms with Crippen LogP contribution in [0.25, 0.3) is 0 Å². The molecule has 1 heterocycles. The number of carbonyl (C=O) groups is 1. The highest BCUT2D eigenvalue weighted by atomic mass is 16.2. The zero-order valence-electron chi connectivity index (χ0n) is 14.6. The van der Waals surface area contributed by atoms with Crippen molar-refractivity contribution >= 4 is 5.91 Å². The first kappa shape index (κ1) is 16.8. The van der Waals surface area contributed by atoms with Crippen LogP contribution in [0.3, 0.4) is 0 Å². The second-order valence-electron chi connectivity index (χ2n) is 7.98. The summed E-state index contributed by atoms with van der Waals surface area (Å²) in [5.74, 6) is 0.800. The van der Waals surface area contributed by atoms with Gasteiger partial charge in [-0.05, 0) is 43.4 Å². The van der Waals surface area contributed by atoms with E-state index in [1.165, 1.54) is 25.7 Å². The highest BCUT2D eigenvalue weighted by molar-refractivity contribution is 5.85. The summed E-state index contributed by atoms with van der Waals surface area (Å²) in [5.41, 5.74) is 0.461. The van der Waals surface area contributed by atoms with Crippen molar-refractivity contribution < 1.29 is 4.79 Å². The standard InChI is InChI=1S/C18H34N2O/c1-6-8-15-19-16(13(3)7-2)17(21)20(15)14-9-11-18(4,5)12-10-14/h13-16,19H,6-12H2,1-5H3. The molecule has 0 radical (unpaired) electrons. The molecule has 3 unspecified atom stereocenters. The Balaban J connectivity index is 2.09. The van der Waals surface area contributed by atoms with Gasteiger partial charge in [-0.3, -0.25) is 10.1 Å². The second kappa shape index (κ2) is 6.68. The molecule has 1 aliphatic heterocycles. The number of hydrogen-bond acceptors (Lipinski definition) is 2. The quantitative estimate of drug-likeness (QED) is 0.833. The minimum absolute atomic E-state index is 0.0430. The molecule has 2 aliphatic rings. The van der Waals surface area contributed by atoms with E-state index >= 15 is 0 Å². The van der Waals surface area contributed by atoms with Crippen LogP contribution in [-0.2, 0) is 4.79 Å². The molecule has 1 amide bonds. The Bertz CT molecular complexity index is 356. The Morgan fingerprint density at radius 3 is 2.43 bits per heavy atom. The molecular weight excluding hydrogens is 260 g/mol. The third kappa shape index (κ3) is 3.61. The third-order valence-corrected chi connectivity index (χ3v) is 5.71. The molecule has 1 N–H and O–H groups in total. The second-order valence-corrected chi connectivity index (χ2v) is 7.98. The number of carbonyl (C=O) groups excluding carboxylic acids is 1. The van der Waals surface area contributed by atoms with Gasteiger partial charge in [-0.25, -0.2) is 0 Å². The maximum absolute atomic E-state index is 12.9. The molecular formula is C18H34N2O. The highest BCUT2D eigenvalue weighted by Gasteiger charge is 2.44. The van der Waals surface area contributed by atoms with Crippen LogP contribution in [0.5, 0.6) is 0 Å². The van der Waals surface area contributed by atoms with E-state index in [0.29, 0.717) is 23.3 Å². The third-order valence-electron chi connectivity index (χ3n) is 5.71. The van der Waals surface area contributed by atoms with Gasteiger partial charge in [-0.1, -0.05) is 47.5 Å². The summed E-state index contributed by atoms with van der Waals surface area (Å²) >= 11 is 0. The molecule has 2 fully saturated rings. The largest absolute Gasteiger partial charge is 0.323 e. The summed E-state index contributed by atoms with van der Waals surface area (Å²) in [7, 11) is 0. The molecule has 1 aliphatic carbocycles. The molecule has 2 rings (SSSR count). The number of nitrogens with one attached hydrogen (secondary N) is 1. The lowest BCUT2D eigenvalue weighted by Gasteiger charge is -2.40. The average Bonchev–Trinajstić information content (AvgIpc) is 2.76. The van der Waals surface area contributed by atoms with Crippen molar-refractivity contribution in [2.75, 3.05) is 0 Å². The number of rotatable bonds is 5. The van der Waals surface area contributed by atoms with E-state index in [-0.39, 0.29) is 12.2 Å². The molecule has 122 valence electrons. The van der Waals surface area contributed by atoms with Gasteiger partial charge in [0, 0.05) is 6.04 Å². The summed E-state index contributed by atoms with van der Waals surface area (Å²) < 4.78 is 0. The van der Waals surface area contributed by atoms with Crippen LogP contribution >= 0.6 is 0 Å². The van der Waals surface area contributed by atoms with Crippen molar-refractivity contribution in [2.24, 2.45) is 11.3 Å². The van der Waals surface area contributed by atoms with Crippen molar-refractivity contribution in [1.82, 2.24) is 10.2 Å². The van der Waals surface area contributed by atoms with Gasteiger partial charge >= 0.3 is 0 Å². The molecule has 1 saturated carbocycles. The summed E-state index contributed by atoms with van der Waals surface area (Å²) in [6.07, 6.45) is 8.39. The zero-order chi connectivity index (χ0) is 15.6. The topological polar surface area (TPSA) is 32.3 Å². The lowest BCUT2D eigenvalue weighted by atomic mass is 9.75. The van der Waals surface area contributed by atoms with Gasteiger partial charge in [-0.2, -0.15) is 0 Å². The highest BCUT2D eigenvalue weighted by Crippen LogP contribution is 2.39. The van der Waals surface area contributed by atoms with Crippen LogP contribution in [0.4, 0.5) is 0 Å². The van der Waals surface area contributed by atoms with Gasteiger partial charge in [0.05, 0.1) is 12.2 Å². The Morgan fingerprint density at radius 1 is 1.29 bits per heavy atom. The molecule has 0 spiro atoms. The molecule has 0 bridgehead atoms.